The third-order valence-electron chi connectivity index (χ3n) is 10.2. The van der Waals surface area contributed by atoms with Crippen molar-refractivity contribution in [3.05, 3.63) is 66.8 Å². The van der Waals surface area contributed by atoms with E-state index in [1.165, 1.54) is 0 Å². The Hall–Kier alpha value is -5.15. The summed E-state index contributed by atoms with van der Waals surface area (Å²) in [6, 6.07) is 10.6. The molecule has 15 heteroatoms. The lowest BCUT2D eigenvalue weighted by atomic mass is 10.1. The summed E-state index contributed by atoms with van der Waals surface area (Å²) >= 11 is 0. The third kappa shape index (κ3) is 9.58. The fourth-order valence-electron chi connectivity index (χ4n) is 7.37. The quantitative estimate of drug-likeness (QED) is 0.107. The Morgan fingerprint density at radius 2 is 1.43 bits per heavy atom. The number of hydrogen-bond acceptors (Lipinski definition) is 10. The molecule has 1 N–H and O–H groups in total. The molecule has 1 aromatic carbocycles. The molecule has 5 aromatic rings. The van der Waals surface area contributed by atoms with E-state index in [4.69, 9.17) is 34.1 Å². The molecule has 2 aliphatic heterocycles. The molecule has 4 aromatic heterocycles. The van der Waals surface area contributed by atoms with Crippen molar-refractivity contribution in [3.8, 4) is 33.9 Å². The molecule has 2 fully saturated rings. The number of carbonyl (C=O) groups excluding carboxylic acids is 2. The number of rotatable bonds is 10. The van der Waals surface area contributed by atoms with Crippen LogP contribution in [0, 0.1) is 0 Å². The zero-order valence-corrected chi connectivity index (χ0v) is 36.3. The van der Waals surface area contributed by atoms with Crippen LogP contribution in [-0.2, 0) is 20.9 Å². The second-order valence-corrected chi connectivity index (χ2v) is 24.1. The lowest BCUT2D eigenvalue weighted by Crippen LogP contribution is -2.37. The summed E-state index contributed by atoms with van der Waals surface area (Å²) in [6.07, 6.45) is 9.91. The average Bonchev–Trinajstić information content (AvgIpc) is 3.98. The van der Waals surface area contributed by atoms with Crippen LogP contribution < -0.4 is 0 Å². The number of fused-ring (bicyclic) bond motifs is 1. The van der Waals surface area contributed by atoms with Gasteiger partial charge < -0.3 is 23.8 Å². The first-order chi connectivity index (χ1) is 27.4. The highest BCUT2D eigenvalue weighted by Gasteiger charge is 2.37. The first kappa shape index (κ1) is 41.0. The molecule has 6 heterocycles. The number of ether oxygens (including phenoxy) is 3. The topological polar surface area (TPSA) is 153 Å². The van der Waals surface area contributed by atoms with Gasteiger partial charge in [-0.2, -0.15) is 0 Å². The van der Waals surface area contributed by atoms with Gasteiger partial charge in [0.1, 0.15) is 35.3 Å². The summed E-state index contributed by atoms with van der Waals surface area (Å²) in [4.78, 5) is 57.1. The van der Waals surface area contributed by atoms with E-state index < -0.39 is 19.3 Å². The molecule has 0 spiro atoms. The zero-order valence-electron chi connectivity index (χ0n) is 35.3. The van der Waals surface area contributed by atoms with Crippen LogP contribution in [0.5, 0.6) is 0 Å². The second-order valence-electron chi connectivity index (χ2n) is 18.5. The number of imidazole rings is 2. The van der Waals surface area contributed by atoms with Crippen LogP contribution in [0.2, 0.25) is 25.7 Å². The van der Waals surface area contributed by atoms with Crippen molar-refractivity contribution in [1.29, 1.82) is 0 Å². The van der Waals surface area contributed by atoms with Crippen LogP contribution in [0.3, 0.4) is 0 Å². The van der Waals surface area contributed by atoms with E-state index in [9.17, 15) is 9.59 Å². The number of nitrogens with one attached hydrogen (secondary N) is 1. The molecule has 0 radical (unpaired) electrons. The maximum atomic E-state index is 13.3. The fraction of sp³-hybridized carbons (Fsp3) is 0.512. The third-order valence-corrected chi connectivity index (χ3v) is 12.0. The van der Waals surface area contributed by atoms with Crippen molar-refractivity contribution in [2.24, 2.45) is 0 Å². The minimum Gasteiger partial charge on any atom is -0.444 e. The maximum Gasteiger partial charge on any atom is 0.410 e. The van der Waals surface area contributed by atoms with E-state index in [0.29, 0.717) is 37.8 Å². The van der Waals surface area contributed by atoms with E-state index in [0.717, 1.165) is 76.9 Å². The van der Waals surface area contributed by atoms with E-state index in [-0.39, 0.29) is 24.3 Å². The number of carbonyl (C=O) groups is 2. The highest BCUT2D eigenvalue weighted by molar-refractivity contribution is 6.76. The fourth-order valence-corrected chi connectivity index (χ4v) is 8.13. The first-order valence-corrected chi connectivity index (χ1v) is 24.0. The van der Waals surface area contributed by atoms with Crippen LogP contribution >= 0.6 is 0 Å². The number of pyridine rings is 1. The Balaban J connectivity index is 1.10. The molecule has 58 heavy (non-hydrogen) atoms. The van der Waals surface area contributed by atoms with Crippen LogP contribution in [0.25, 0.3) is 44.9 Å². The summed E-state index contributed by atoms with van der Waals surface area (Å²) in [5.41, 5.74) is 5.17. The van der Waals surface area contributed by atoms with Crippen molar-refractivity contribution < 1.29 is 23.8 Å². The average molecular weight is 808 g/mol. The summed E-state index contributed by atoms with van der Waals surface area (Å²) < 4.78 is 19.8. The number of likely N-dealkylation sites (tertiary alicyclic amines) is 2. The van der Waals surface area contributed by atoms with Gasteiger partial charge in [0, 0.05) is 45.1 Å². The van der Waals surface area contributed by atoms with Crippen LogP contribution in [0.4, 0.5) is 9.59 Å². The molecule has 0 bridgehead atoms. The highest BCUT2D eigenvalue weighted by Crippen LogP contribution is 2.36. The van der Waals surface area contributed by atoms with Gasteiger partial charge in [-0.1, -0.05) is 25.7 Å². The predicted molar refractivity (Wildman–Crippen MR) is 226 cm³/mol. The Labute approximate surface area is 341 Å². The van der Waals surface area contributed by atoms with Gasteiger partial charge in [-0.15, -0.1) is 0 Å². The lowest BCUT2D eigenvalue weighted by molar-refractivity contribution is 0.0199. The van der Waals surface area contributed by atoms with Crippen molar-refractivity contribution in [3.63, 3.8) is 0 Å². The molecule has 2 atom stereocenters. The summed E-state index contributed by atoms with van der Waals surface area (Å²) in [6.45, 7) is 20.5. The monoisotopic (exact) mass is 807 g/mol. The molecular weight excluding hydrogens is 751 g/mol. The Bertz CT molecular complexity index is 2250. The Morgan fingerprint density at radius 3 is 2.09 bits per heavy atom. The number of amides is 2. The van der Waals surface area contributed by atoms with Crippen LogP contribution in [-0.4, -0.2) is 95.4 Å². The molecule has 2 unspecified atom stereocenters. The predicted octanol–water partition coefficient (Wildman–Crippen LogP) is 9.40. The number of hydrogen-bond donors (Lipinski definition) is 1. The maximum absolute atomic E-state index is 13.3. The van der Waals surface area contributed by atoms with Gasteiger partial charge in [0.15, 0.2) is 0 Å². The van der Waals surface area contributed by atoms with Crippen molar-refractivity contribution in [1.82, 2.24) is 44.3 Å². The van der Waals surface area contributed by atoms with Gasteiger partial charge in [-0.3, -0.25) is 19.8 Å². The zero-order chi connectivity index (χ0) is 41.4. The SMILES string of the molecule is CC(C)(C)OC(=O)N1CCCC1c1ncc(-c2ccc(-c3cnc4cc(-c5cnc(C6CCCN6C(=O)OC(C)(C)C)n5COCC[Si](C)(C)C)ccc4n3)nc2)[nH]1. The Morgan fingerprint density at radius 1 is 0.759 bits per heavy atom. The summed E-state index contributed by atoms with van der Waals surface area (Å²) in [5, 5.41) is 0. The van der Waals surface area contributed by atoms with Gasteiger partial charge in [-0.05, 0) is 97.5 Å². The van der Waals surface area contributed by atoms with Gasteiger partial charge in [-0.25, -0.2) is 24.5 Å². The molecule has 308 valence electrons. The number of nitrogens with zero attached hydrogens (tertiary/aromatic N) is 8. The van der Waals surface area contributed by atoms with Gasteiger partial charge in [0.2, 0.25) is 0 Å². The van der Waals surface area contributed by atoms with Gasteiger partial charge in [0.05, 0.1) is 58.8 Å². The molecule has 2 aliphatic rings. The number of aromatic nitrogens is 7. The van der Waals surface area contributed by atoms with Crippen LogP contribution in [0.1, 0.15) is 91.0 Å². The molecule has 2 amide bonds. The number of benzene rings is 1. The highest BCUT2D eigenvalue weighted by atomic mass is 28.3. The largest absolute Gasteiger partial charge is 0.444 e. The minimum atomic E-state index is -1.30. The van der Waals surface area contributed by atoms with Gasteiger partial charge >= 0.3 is 12.2 Å². The van der Waals surface area contributed by atoms with Crippen molar-refractivity contribution in [2.75, 3.05) is 19.7 Å². The second kappa shape index (κ2) is 16.2. The normalized spacial score (nSPS) is 17.7. The number of H-pyrrole nitrogens is 1. The standard InChI is InChI=1S/C43H57N9O5Si/c1-42(2,3)56-40(53)50-18-10-12-35(50)38-46-24-33(49-38)29-15-16-30(44-23-29)34-25-45-32-22-28(14-17-31(32)48-34)37-26-47-39(52(37)27-55-20-21-58(7,8)9)36-13-11-19-51(36)41(54)57-43(4,5)6/h14-17,22-26,35-36H,10-13,18-21,27H2,1-9H3,(H,46,49). The van der Waals surface area contributed by atoms with Gasteiger partial charge in [0.25, 0.3) is 0 Å². The summed E-state index contributed by atoms with van der Waals surface area (Å²) in [5.74, 6) is 1.52. The number of aromatic amines is 1. The Kier molecular flexibility index (Phi) is 11.5. The van der Waals surface area contributed by atoms with Crippen LogP contribution in [0.15, 0.2) is 55.1 Å². The van der Waals surface area contributed by atoms with E-state index in [1.807, 2.05) is 78.1 Å². The smallest absolute Gasteiger partial charge is 0.410 e. The molecule has 0 saturated carbocycles. The van der Waals surface area contributed by atoms with E-state index in [1.54, 1.807) is 28.4 Å². The van der Waals surface area contributed by atoms with E-state index in [2.05, 4.69) is 34.2 Å². The molecular formula is C43H57N9O5Si. The van der Waals surface area contributed by atoms with E-state index >= 15 is 0 Å². The minimum absolute atomic E-state index is 0.165. The first-order valence-electron chi connectivity index (χ1n) is 20.3. The lowest BCUT2D eigenvalue weighted by Gasteiger charge is -2.29. The molecule has 14 nitrogen and oxygen atoms in total. The summed E-state index contributed by atoms with van der Waals surface area (Å²) in [7, 11) is -1.30. The van der Waals surface area contributed by atoms with Crippen molar-refractivity contribution in [2.45, 2.75) is 123 Å². The molecule has 2 saturated heterocycles. The molecule has 7 rings (SSSR count). The van der Waals surface area contributed by atoms with Crippen molar-refractivity contribution >= 4 is 31.3 Å². The molecule has 0 aliphatic carbocycles.